The maximum atomic E-state index is 12.7. The first-order valence-electron chi connectivity index (χ1n) is 10.3. The number of likely N-dealkylation sites (N-methyl/N-ethyl adjacent to an activating group) is 1. The van der Waals surface area contributed by atoms with Gasteiger partial charge in [-0.25, -0.2) is 4.98 Å². The first kappa shape index (κ1) is 21.6. The second-order valence-electron chi connectivity index (χ2n) is 7.20. The Morgan fingerprint density at radius 3 is 3.00 bits per heavy atom. The predicted molar refractivity (Wildman–Crippen MR) is 119 cm³/mol. The molecule has 7 nitrogen and oxygen atoms in total. The van der Waals surface area contributed by atoms with Crippen LogP contribution in [0.1, 0.15) is 30.0 Å². The Balaban J connectivity index is 1.68. The number of hydrogen-bond acceptors (Lipinski definition) is 6. The minimum atomic E-state index is -0.0922. The summed E-state index contributed by atoms with van der Waals surface area (Å²) in [4.78, 5) is 18.8. The van der Waals surface area contributed by atoms with E-state index in [1.54, 1.807) is 37.4 Å². The molecule has 0 aliphatic carbocycles. The zero-order valence-electron chi connectivity index (χ0n) is 17.9. The summed E-state index contributed by atoms with van der Waals surface area (Å²) in [5.74, 6) is 2.18. The van der Waals surface area contributed by atoms with E-state index in [0.717, 1.165) is 48.6 Å². The number of fused-ring (bicyclic) bond motifs is 1. The van der Waals surface area contributed by atoms with Crippen molar-refractivity contribution in [1.29, 1.82) is 0 Å². The third-order valence-electron chi connectivity index (χ3n) is 4.83. The van der Waals surface area contributed by atoms with Gasteiger partial charge in [-0.1, -0.05) is 19.1 Å². The van der Waals surface area contributed by atoms with Crippen molar-refractivity contribution in [3.05, 3.63) is 53.2 Å². The number of carbonyl (C=O) groups is 1. The lowest BCUT2D eigenvalue weighted by molar-refractivity contribution is -0.125. The Morgan fingerprint density at radius 1 is 1.33 bits per heavy atom. The van der Waals surface area contributed by atoms with Crippen LogP contribution in [0.5, 0.6) is 11.5 Å². The Hall–Kier alpha value is -3.06. The minimum absolute atomic E-state index is 0.0922. The van der Waals surface area contributed by atoms with Crippen molar-refractivity contribution in [3.63, 3.8) is 0 Å². The standard InChI is InChI=1S/C23H30N4O3/c1-4-12-30-22-18(6-5-7-20(22)29-3)16-27(2)21(28)9-8-17-13-19-15-24-10-11-25-23(19)26-14-17/h5-9,13-14,24H,4,10-12,15-16H2,1-3H3,(H,25,26)/b9-8+. The molecule has 3 rings (SSSR count). The van der Waals surface area contributed by atoms with Gasteiger partial charge >= 0.3 is 0 Å². The van der Waals surface area contributed by atoms with E-state index < -0.39 is 0 Å². The highest BCUT2D eigenvalue weighted by Crippen LogP contribution is 2.32. The summed E-state index contributed by atoms with van der Waals surface area (Å²) in [6.45, 7) is 5.60. The van der Waals surface area contributed by atoms with Gasteiger partial charge in [0.15, 0.2) is 11.5 Å². The fourth-order valence-corrected chi connectivity index (χ4v) is 3.25. The molecule has 1 aromatic carbocycles. The van der Waals surface area contributed by atoms with Crippen LogP contribution in [0.25, 0.3) is 6.08 Å². The van der Waals surface area contributed by atoms with Gasteiger partial charge in [0.25, 0.3) is 0 Å². The number of hydrogen-bond donors (Lipinski definition) is 2. The van der Waals surface area contributed by atoms with Gasteiger partial charge in [0, 0.05) is 56.6 Å². The number of rotatable bonds is 8. The molecule has 0 bridgehead atoms. The molecule has 0 saturated carbocycles. The first-order chi connectivity index (χ1) is 14.6. The van der Waals surface area contributed by atoms with Crippen molar-refractivity contribution in [2.75, 3.05) is 39.2 Å². The van der Waals surface area contributed by atoms with Crippen LogP contribution in [0, 0.1) is 0 Å². The lowest BCUT2D eigenvalue weighted by Crippen LogP contribution is -2.24. The van der Waals surface area contributed by atoms with E-state index in [9.17, 15) is 4.79 Å². The highest BCUT2D eigenvalue weighted by atomic mass is 16.5. The molecule has 1 amide bonds. The van der Waals surface area contributed by atoms with E-state index in [1.807, 2.05) is 18.2 Å². The third kappa shape index (κ3) is 5.51. The average Bonchev–Trinajstić information content (AvgIpc) is 3.01. The Kier molecular flexibility index (Phi) is 7.68. The van der Waals surface area contributed by atoms with Crippen LogP contribution in [0.15, 0.2) is 36.5 Å². The second-order valence-corrected chi connectivity index (χ2v) is 7.20. The van der Waals surface area contributed by atoms with Crippen LogP contribution < -0.4 is 20.1 Å². The average molecular weight is 411 g/mol. The fourth-order valence-electron chi connectivity index (χ4n) is 3.25. The molecule has 0 saturated heterocycles. The maximum absolute atomic E-state index is 12.7. The number of methoxy groups -OCH3 is 1. The summed E-state index contributed by atoms with van der Waals surface area (Å²) in [6, 6.07) is 7.78. The van der Waals surface area contributed by atoms with Crippen molar-refractivity contribution in [1.82, 2.24) is 15.2 Å². The molecule has 7 heteroatoms. The normalized spacial score (nSPS) is 13.3. The smallest absolute Gasteiger partial charge is 0.246 e. The van der Waals surface area contributed by atoms with E-state index in [4.69, 9.17) is 9.47 Å². The largest absolute Gasteiger partial charge is 0.493 e. The van der Waals surface area contributed by atoms with Gasteiger partial charge in [-0.2, -0.15) is 0 Å². The summed E-state index contributed by atoms with van der Waals surface area (Å²) < 4.78 is 11.3. The van der Waals surface area contributed by atoms with E-state index in [-0.39, 0.29) is 5.91 Å². The molecule has 1 aromatic heterocycles. The van der Waals surface area contributed by atoms with Crippen LogP contribution in [-0.4, -0.2) is 49.6 Å². The number of nitrogens with zero attached hydrogens (tertiary/aromatic N) is 2. The summed E-state index contributed by atoms with van der Waals surface area (Å²) in [7, 11) is 3.40. The Labute approximate surface area is 178 Å². The zero-order chi connectivity index (χ0) is 21.3. The van der Waals surface area contributed by atoms with Crippen LogP contribution in [0.4, 0.5) is 5.82 Å². The molecule has 0 atom stereocenters. The van der Waals surface area contributed by atoms with Crippen molar-refractivity contribution in [2.45, 2.75) is 26.4 Å². The number of carbonyl (C=O) groups excluding carboxylic acids is 1. The van der Waals surface area contributed by atoms with Gasteiger partial charge in [0.2, 0.25) is 5.91 Å². The van der Waals surface area contributed by atoms with Crippen LogP contribution >= 0.6 is 0 Å². The first-order valence-corrected chi connectivity index (χ1v) is 10.3. The maximum Gasteiger partial charge on any atom is 0.246 e. The molecule has 1 aliphatic heterocycles. The van der Waals surface area contributed by atoms with Crippen molar-refractivity contribution >= 4 is 17.8 Å². The number of pyridine rings is 1. The summed E-state index contributed by atoms with van der Waals surface area (Å²) in [6.07, 6.45) is 6.05. The van der Waals surface area contributed by atoms with Crippen molar-refractivity contribution in [3.8, 4) is 11.5 Å². The van der Waals surface area contributed by atoms with E-state index >= 15 is 0 Å². The second kappa shape index (κ2) is 10.6. The fraction of sp³-hybridized carbons (Fsp3) is 0.391. The molecule has 0 fully saturated rings. The molecule has 0 unspecified atom stereocenters. The van der Waals surface area contributed by atoms with E-state index in [0.29, 0.717) is 24.7 Å². The SMILES string of the molecule is CCCOc1c(CN(C)C(=O)/C=C/c2cnc3c(c2)CNCCN3)cccc1OC. The molecule has 1 aliphatic rings. The number of para-hydroxylation sites is 1. The Morgan fingerprint density at radius 2 is 2.20 bits per heavy atom. The summed E-state index contributed by atoms with van der Waals surface area (Å²) in [5, 5.41) is 6.64. The molecule has 30 heavy (non-hydrogen) atoms. The van der Waals surface area contributed by atoms with Crippen LogP contribution in [-0.2, 0) is 17.9 Å². The number of amides is 1. The quantitative estimate of drug-likeness (QED) is 0.652. The molecule has 0 radical (unpaired) electrons. The molecular weight excluding hydrogens is 380 g/mol. The lowest BCUT2D eigenvalue weighted by atomic mass is 10.1. The summed E-state index contributed by atoms with van der Waals surface area (Å²) in [5.41, 5.74) is 2.91. The number of aromatic nitrogens is 1. The Bertz CT molecular complexity index is 898. The lowest BCUT2D eigenvalue weighted by Gasteiger charge is -2.19. The monoisotopic (exact) mass is 410 g/mol. The van der Waals surface area contributed by atoms with Gasteiger partial charge in [0.1, 0.15) is 5.82 Å². The van der Waals surface area contributed by atoms with Gasteiger partial charge in [-0.15, -0.1) is 0 Å². The molecule has 2 aromatic rings. The van der Waals surface area contributed by atoms with E-state index in [2.05, 4.69) is 28.6 Å². The topological polar surface area (TPSA) is 75.7 Å². The molecular formula is C23H30N4O3. The van der Waals surface area contributed by atoms with Gasteiger partial charge < -0.3 is 25.0 Å². The summed E-state index contributed by atoms with van der Waals surface area (Å²) >= 11 is 0. The molecule has 0 spiro atoms. The van der Waals surface area contributed by atoms with Crippen LogP contribution in [0.2, 0.25) is 0 Å². The highest BCUT2D eigenvalue weighted by molar-refractivity contribution is 5.91. The van der Waals surface area contributed by atoms with Gasteiger partial charge in [0.05, 0.1) is 13.7 Å². The van der Waals surface area contributed by atoms with Crippen molar-refractivity contribution < 1.29 is 14.3 Å². The third-order valence-corrected chi connectivity index (χ3v) is 4.83. The highest BCUT2D eigenvalue weighted by Gasteiger charge is 2.14. The van der Waals surface area contributed by atoms with Crippen molar-refractivity contribution in [2.24, 2.45) is 0 Å². The van der Waals surface area contributed by atoms with Crippen LogP contribution in [0.3, 0.4) is 0 Å². The number of ether oxygens (including phenoxy) is 2. The number of anilines is 1. The molecule has 2 heterocycles. The molecule has 160 valence electrons. The van der Waals surface area contributed by atoms with E-state index in [1.165, 1.54) is 0 Å². The minimum Gasteiger partial charge on any atom is -0.493 e. The number of benzene rings is 1. The predicted octanol–water partition coefficient (Wildman–Crippen LogP) is 3.07. The molecule has 2 N–H and O–H groups in total. The van der Waals surface area contributed by atoms with Gasteiger partial charge in [-0.05, 0) is 30.2 Å². The number of nitrogens with one attached hydrogen (secondary N) is 2. The van der Waals surface area contributed by atoms with Gasteiger partial charge in [-0.3, -0.25) is 4.79 Å². The zero-order valence-corrected chi connectivity index (χ0v) is 17.9.